The van der Waals surface area contributed by atoms with Gasteiger partial charge in [-0.3, -0.25) is 0 Å². The predicted octanol–water partition coefficient (Wildman–Crippen LogP) is 3.67. The summed E-state index contributed by atoms with van der Waals surface area (Å²) >= 11 is 0. The predicted molar refractivity (Wildman–Crippen MR) is 81.1 cm³/mol. The van der Waals surface area contributed by atoms with Crippen molar-refractivity contribution < 1.29 is 0 Å². The topological polar surface area (TPSA) is 15.3 Å². The molecular formula is C16H34N2. The Balaban J connectivity index is 2.63. The van der Waals surface area contributed by atoms with Gasteiger partial charge in [-0.1, -0.05) is 39.5 Å². The summed E-state index contributed by atoms with van der Waals surface area (Å²) in [5, 5.41) is 3.62. The van der Waals surface area contributed by atoms with Crippen molar-refractivity contribution in [2.45, 2.75) is 71.8 Å². The lowest BCUT2D eigenvalue weighted by Crippen LogP contribution is -2.45. The molecule has 0 amide bonds. The third kappa shape index (κ3) is 4.89. The Morgan fingerprint density at radius 3 is 2.22 bits per heavy atom. The maximum atomic E-state index is 3.62. The summed E-state index contributed by atoms with van der Waals surface area (Å²) in [4.78, 5) is 2.59. The summed E-state index contributed by atoms with van der Waals surface area (Å²) in [5.74, 6) is 0. The van der Waals surface area contributed by atoms with Crippen molar-refractivity contribution >= 4 is 0 Å². The molecule has 1 unspecified atom stereocenters. The average molecular weight is 254 g/mol. The van der Waals surface area contributed by atoms with E-state index < -0.39 is 0 Å². The lowest BCUT2D eigenvalue weighted by atomic mass is 9.79. The van der Waals surface area contributed by atoms with E-state index in [-0.39, 0.29) is 0 Å². The molecule has 1 fully saturated rings. The molecule has 1 rings (SSSR count). The van der Waals surface area contributed by atoms with Crippen LogP contribution in [0.5, 0.6) is 0 Å². The Morgan fingerprint density at radius 1 is 1.11 bits per heavy atom. The van der Waals surface area contributed by atoms with Crippen molar-refractivity contribution in [1.29, 1.82) is 0 Å². The van der Waals surface area contributed by atoms with Gasteiger partial charge in [0.05, 0.1) is 0 Å². The van der Waals surface area contributed by atoms with E-state index in [1.54, 1.807) is 0 Å². The molecule has 1 aliphatic carbocycles. The summed E-state index contributed by atoms with van der Waals surface area (Å²) in [6, 6.07) is 0.715. The van der Waals surface area contributed by atoms with Gasteiger partial charge >= 0.3 is 0 Å². The van der Waals surface area contributed by atoms with Crippen molar-refractivity contribution in [3.05, 3.63) is 0 Å². The molecule has 1 atom stereocenters. The monoisotopic (exact) mass is 254 g/mol. The smallest absolute Gasteiger partial charge is 0.00614 e. The molecule has 18 heavy (non-hydrogen) atoms. The van der Waals surface area contributed by atoms with E-state index in [2.05, 4.69) is 38.0 Å². The number of hydrogen-bond donors (Lipinski definition) is 1. The van der Waals surface area contributed by atoms with Gasteiger partial charge in [0.2, 0.25) is 0 Å². The van der Waals surface area contributed by atoms with Crippen LogP contribution in [-0.2, 0) is 0 Å². The van der Waals surface area contributed by atoms with Crippen LogP contribution in [0.3, 0.4) is 0 Å². The van der Waals surface area contributed by atoms with Crippen LogP contribution >= 0.6 is 0 Å². The average Bonchev–Trinajstić information content (AvgIpc) is 2.61. The van der Waals surface area contributed by atoms with Gasteiger partial charge in [0.25, 0.3) is 0 Å². The van der Waals surface area contributed by atoms with Gasteiger partial charge in [-0.15, -0.1) is 0 Å². The fourth-order valence-corrected chi connectivity index (χ4v) is 3.26. The Morgan fingerprint density at radius 2 is 1.72 bits per heavy atom. The Kier molecular flexibility index (Phi) is 7.25. The molecule has 108 valence electrons. The molecule has 0 aliphatic heterocycles. The SMILES string of the molecule is CCNCC1(CN(C)C(C)CC)CCCCCC1. The third-order valence-corrected chi connectivity index (χ3v) is 4.84. The van der Waals surface area contributed by atoms with Crippen LogP contribution in [0, 0.1) is 5.41 Å². The number of rotatable bonds is 7. The maximum Gasteiger partial charge on any atom is 0.00614 e. The van der Waals surface area contributed by atoms with Crippen LogP contribution < -0.4 is 5.32 Å². The van der Waals surface area contributed by atoms with E-state index >= 15 is 0 Å². The lowest BCUT2D eigenvalue weighted by molar-refractivity contribution is 0.119. The fraction of sp³-hybridized carbons (Fsp3) is 1.00. The zero-order valence-corrected chi connectivity index (χ0v) is 13.1. The number of hydrogen-bond acceptors (Lipinski definition) is 2. The molecule has 2 heteroatoms. The molecule has 0 aromatic heterocycles. The van der Waals surface area contributed by atoms with Crippen molar-refractivity contribution in [1.82, 2.24) is 10.2 Å². The van der Waals surface area contributed by atoms with E-state index in [0.29, 0.717) is 11.5 Å². The molecule has 1 aliphatic rings. The maximum absolute atomic E-state index is 3.62. The Hall–Kier alpha value is -0.0800. The van der Waals surface area contributed by atoms with Gasteiger partial charge in [-0.2, -0.15) is 0 Å². The molecule has 1 N–H and O–H groups in total. The quantitative estimate of drug-likeness (QED) is 0.697. The van der Waals surface area contributed by atoms with E-state index in [1.165, 1.54) is 58.0 Å². The summed E-state index contributed by atoms with van der Waals surface area (Å²) in [5.41, 5.74) is 0.532. The second kappa shape index (κ2) is 8.16. The summed E-state index contributed by atoms with van der Waals surface area (Å²) < 4.78 is 0. The van der Waals surface area contributed by atoms with Crippen LogP contribution in [0.4, 0.5) is 0 Å². The molecular weight excluding hydrogens is 220 g/mol. The standard InChI is InChI=1S/C16H34N2/c1-5-15(3)18(4)14-16(13-17-6-2)11-9-7-8-10-12-16/h15,17H,5-14H2,1-4H3. The zero-order valence-electron chi connectivity index (χ0n) is 13.1. The Bertz CT molecular complexity index is 207. The first-order chi connectivity index (χ1) is 8.63. The van der Waals surface area contributed by atoms with Crippen LogP contribution in [0.2, 0.25) is 0 Å². The highest BCUT2D eigenvalue weighted by molar-refractivity contribution is 4.87. The molecule has 0 radical (unpaired) electrons. The van der Waals surface area contributed by atoms with E-state index in [0.717, 1.165) is 6.54 Å². The van der Waals surface area contributed by atoms with Crippen LogP contribution in [0.1, 0.15) is 65.7 Å². The van der Waals surface area contributed by atoms with Gasteiger partial charge in [0.1, 0.15) is 0 Å². The minimum atomic E-state index is 0.532. The van der Waals surface area contributed by atoms with E-state index in [4.69, 9.17) is 0 Å². The molecule has 1 saturated carbocycles. The second-order valence-electron chi connectivity index (χ2n) is 6.37. The summed E-state index contributed by atoms with van der Waals surface area (Å²) in [7, 11) is 2.31. The van der Waals surface area contributed by atoms with Crippen molar-refractivity contribution in [3.8, 4) is 0 Å². The van der Waals surface area contributed by atoms with E-state index in [9.17, 15) is 0 Å². The van der Waals surface area contributed by atoms with Crippen LogP contribution in [0.15, 0.2) is 0 Å². The van der Waals surface area contributed by atoms with Crippen molar-refractivity contribution in [3.63, 3.8) is 0 Å². The summed E-state index contributed by atoms with van der Waals surface area (Å²) in [6.07, 6.45) is 9.84. The molecule has 0 aromatic carbocycles. The van der Waals surface area contributed by atoms with Crippen LogP contribution in [0.25, 0.3) is 0 Å². The van der Waals surface area contributed by atoms with Gasteiger partial charge in [0.15, 0.2) is 0 Å². The Labute approximate surface area is 115 Å². The first kappa shape index (κ1) is 16.0. The lowest BCUT2D eigenvalue weighted by Gasteiger charge is -2.39. The largest absolute Gasteiger partial charge is 0.316 e. The van der Waals surface area contributed by atoms with E-state index in [1.807, 2.05) is 0 Å². The number of nitrogens with zero attached hydrogens (tertiary/aromatic N) is 1. The van der Waals surface area contributed by atoms with Gasteiger partial charge in [-0.25, -0.2) is 0 Å². The second-order valence-corrected chi connectivity index (χ2v) is 6.37. The molecule has 0 aromatic rings. The first-order valence-electron chi connectivity index (χ1n) is 8.04. The third-order valence-electron chi connectivity index (χ3n) is 4.84. The minimum absolute atomic E-state index is 0.532. The number of nitrogens with one attached hydrogen (secondary N) is 1. The van der Waals surface area contributed by atoms with Crippen LogP contribution in [-0.4, -0.2) is 37.6 Å². The summed E-state index contributed by atoms with van der Waals surface area (Å²) in [6.45, 7) is 10.5. The highest BCUT2D eigenvalue weighted by Crippen LogP contribution is 2.35. The van der Waals surface area contributed by atoms with Gasteiger partial charge in [-0.05, 0) is 45.2 Å². The highest BCUT2D eigenvalue weighted by atomic mass is 15.1. The normalized spacial score (nSPS) is 21.8. The highest BCUT2D eigenvalue weighted by Gasteiger charge is 2.32. The molecule has 0 spiro atoms. The molecule has 0 heterocycles. The molecule has 0 saturated heterocycles. The molecule has 2 nitrogen and oxygen atoms in total. The van der Waals surface area contributed by atoms with Crippen molar-refractivity contribution in [2.24, 2.45) is 5.41 Å². The van der Waals surface area contributed by atoms with Gasteiger partial charge < -0.3 is 10.2 Å². The molecule has 0 bridgehead atoms. The van der Waals surface area contributed by atoms with Gasteiger partial charge in [0, 0.05) is 19.1 Å². The minimum Gasteiger partial charge on any atom is -0.316 e. The zero-order chi connectivity index (χ0) is 13.4. The van der Waals surface area contributed by atoms with Crippen molar-refractivity contribution in [2.75, 3.05) is 26.7 Å². The first-order valence-corrected chi connectivity index (χ1v) is 8.04. The fourth-order valence-electron chi connectivity index (χ4n) is 3.26.